The fraction of sp³-hybridized carbons (Fsp3) is 0.629. The van der Waals surface area contributed by atoms with E-state index < -0.39 is 32.2 Å². The van der Waals surface area contributed by atoms with Crippen LogP contribution >= 0.6 is 23.8 Å². The van der Waals surface area contributed by atoms with Crippen molar-refractivity contribution in [3.05, 3.63) is 143 Å². The molecule has 0 bridgehead atoms. The number of hydrogen-bond donors (Lipinski definition) is 2. The molecule has 2 unspecified atom stereocenters. The summed E-state index contributed by atoms with van der Waals surface area (Å²) in [4.78, 5) is 26.5. The first-order chi connectivity index (χ1) is 41.3. The SMILES string of the molecule is CCCCCCCCCCCCCCCCOCC(CNC(=O)OCc1ccc(Cc2ccccc2)cc1)OP(=O)(OCCBr)OC(CNC(=O)OCc1ccc(Cc2ccccc2)cc1)COCCCCCCCCCCCCCCCC. The van der Waals surface area contributed by atoms with Crippen LogP contribution in [-0.4, -0.2) is 75.8 Å². The molecule has 0 aliphatic heterocycles. The molecule has 4 rings (SSSR count). The third-order valence-corrected chi connectivity index (χ3v) is 16.9. The second-order valence-electron chi connectivity index (χ2n) is 22.6. The zero-order valence-corrected chi connectivity index (χ0v) is 54.2. The highest BCUT2D eigenvalue weighted by atomic mass is 79.9. The molecule has 2 N–H and O–H groups in total. The van der Waals surface area contributed by atoms with Gasteiger partial charge >= 0.3 is 20.0 Å². The van der Waals surface area contributed by atoms with E-state index in [9.17, 15) is 14.2 Å². The lowest BCUT2D eigenvalue weighted by atomic mass is 10.0. The lowest BCUT2D eigenvalue weighted by Gasteiger charge is -2.27. The smallest absolute Gasteiger partial charge is 0.445 e. The fourth-order valence-corrected chi connectivity index (χ4v) is 11.9. The Morgan fingerprint density at radius 3 is 1.02 bits per heavy atom. The Bertz CT molecular complexity index is 2090. The van der Waals surface area contributed by atoms with E-state index in [-0.39, 0.29) is 46.1 Å². The second-order valence-corrected chi connectivity index (χ2v) is 25.0. The maximum absolute atomic E-state index is 14.8. The molecular formula is C70H108BrN2O10P. The number of alkyl halides is 1. The Labute approximate surface area is 516 Å². The number of unbranched alkanes of at least 4 members (excludes halogenated alkanes) is 26. The monoisotopic (exact) mass is 1250 g/mol. The van der Waals surface area contributed by atoms with Crippen LogP contribution in [-0.2, 0) is 63.1 Å². The van der Waals surface area contributed by atoms with Crippen molar-refractivity contribution in [2.75, 3.05) is 51.5 Å². The van der Waals surface area contributed by atoms with Gasteiger partial charge in [0.05, 0.1) is 32.9 Å². The molecule has 0 aliphatic carbocycles. The summed E-state index contributed by atoms with van der Waals surface area (Å²) in [6, 6.07) is 36.5. The summed E-state index contributed by atoms with van der Waals surface area (Å²) in [5, 5.41) is 5.94. The van der Waals surface area contributed by atoms with E-state index in [4.69, 9.17) is 32.5 Å². The highest BCUT2D eigenvalue weighted by Crippen LogP contribution is 2.52. The number of phosphoric acid groups is 1. The molecule has 12 nitrogen and oxygen atoms in total. The molecule has 2 amide bonds. The van der Waals surface area contributed by atoms with Crippen LogP contribution in [0.1, 0.15) is 227 Å². The summed E-state index contributed by atoms with van der Waals surface area (Å²) >= 11 is 3.40. The van der Waals surface area contributed by atoms with Gasteiger partial charge in [0.1, 0.15) is 25.4 Å². The minimum absolute atomic E-state index is 0.00422. The summed E-state index contributed by atoms with van der Waals surface area (Å²) in [6.45, 7) is 5.39. The van der Waals surface area contributed by atoms with E-state index in [1.54, 1.807) is 0 Å². The summed E-state index contributed by atoms with van der Waals surface area (Å²) in [7, 11) is -4.41. The topological polar surface area (TPSA) is 140 Å². The van der Waals surface area contributed by atoms with E-state index >= 15 is 0 Å². The zero-order chi connectivity index (χ0) is 59.6. The van der Waals surface area contributed by atoms with Crippen molar-refractivity contribution in [3.8, 4) is 0 Å². The number of ether oxygens (including phenoxy) is 4. The average Bonchev–Trinajstić information content (AvgIpc) is 3.66. The number of rotatable bonds is 53. The van der Waals surface area contributed by atoms with E-state index in [1.165, 1.54) is 152 Å². The predicted molar refractivity (Wildman–Crippen MR) is 347 cm³/mol. The van der Waals surface area contributed by atoms with Gasteiger partial charge in [-0.15, -0.1) is 0 Å². The molecule has 14 heteroatoms. The third kappa shape index (κ3) is 37.5. The van der Waals surface area contributed by atoms with Crippen molar-refractivity contribution in [1.82, 2.24) is 10.6 Å². The van der Waals surface area contributed by atoms with Crippen LogP contribution in [0, 0.1) is 0 Å². The number of nitrogens with one attached hydrogen (secondary N) is 2. The largest absolute Gasteiger partial charge is 0.475 e. The number of alkyl carbamates (subject to hydrolysis) is 2. The first-order valence-electron chi connectivity index (χ1n) is 32.6. The van der Waals surface area contributed by atoms with E-state index in [0.29, 0.717) is 18.5 Å². The molecule has 0 saturated carbocycles. The lowest BCUT2D eigenvalue weighted by Crippen LogP contribution is -2.38. The Kier molecular flexibility index (Phi) is 42.2. The van der Waals surface area contributed by atoms with Crippen LogP contribution in [0.15, 0.2) is 109 Å². The van der Waals surface area contributed by atoms with Gasteiger partial charge in [0.25, 0.3) is 0 Å². The number of carbonyl (C=O) groups is 2. The van der Waals surface area contributed by atoms with Gasteiger partial charge in [0.2, 0.25) is 0 Å². The van der Waals surface area contributed by atoms with E-state index in [1.807, 2.05) is 84.9 Å². The van der Waals surface area contributed by atoms with Crippen molar-refractivity contribution >= 4 is 35.9 Å². The molecule has 2 atom stereocenters. The van der Waals surface area contributed by atoms with Crippen LogP contribution in [0.3, 0.4) is 0 Å². The zero-order valence-electron chi connectivity index (χ0n) is 51.7. The van der Waals surface area contributed by atoms with Crippen molar-refractivity contribution in [3.63, 3.8) is 0 Å². The molecule has 84 heavy (non-hydrogen) atoms. The van der Waals surface area contributed by atoms with Crippen molar-refractivity contribution in [1.29, 1.82) is 0 Å². The van der Waals surface area contributed by atoms with Crippen molar-refractivity contribution < 1.29 is 46.7 Å². The Morgan fingerprint density at radius 1 is 0.405 bits per heavy atom. The van der Waals surface area contributed by atoms with Gasteiger partial charge in [-0.2, -0.15) is 0 Å². The molecule has 0 radical (unpaired) electrons. The van der Waals surface area contributed by atoms with Crippen LogP contribution in [0.5, 0.6) is 0 Å². The molecule has 4 aromatic carbocycles. The highest BCUT2D eigenvalue weighted by molar-refractivity contribution is 9.09. The Hall–Kier alpha value is -4.07. The minimum Gasteiger partial charge on any atom is -0.445 e. The van der Waals surface area contributed by atoms with Gasteiger partial charge in [0.15, 0.2) is 0 Å². The van der Waals surface area contributed by atoms with Gasteiger partial charge in [-0.1, -0.05) is 306 Å². The van der Waals surface area contributed by atoms with Crippen LogP contribution < -0.4 is 10.6 Å². The number of phosphoric ester groups is 1. The molecule has 470 valence electrons. The Morgan fingerprint density at radius 2 is 0.702 bits per heavy atom. The molecule has 0 fully saturated rings. The van der Waals surface area contributed by atoms with Crippen molar-refractivity contribution in [2.45, 2.75) is 232 Å². The van der Waals surface area contributed by atoms with Gasteiger partial charge < -0.3 is 29.6 Å². The van der Waals surface area contributed by atoms with Crippen molar-refractivity contribution in [2.24, 2.45) is 0 Å². The average molecular weight is 1250 g/mol. The van der Waals surface area contributed by atoms with Crippen LogP contribution in [0.25, 0.3) is 0 Å². The first-order valence-corrected chi connectivity index (χ1v) is 35.2. The minimum atomic E-state index is -4.41. The van der Waals surface area contributed by atoms with Gasteiger partial charge in [-0.05, 0) is 59.1 Å². The fourth-order valence-electron chi connectivity index (χ4n) is 10.0. The predicted octanol–water partition coefficient (Wildman–Crippen LogP) is 19.3. The maximum atomic E-state index is 14.8. The summed E-state index contributed by atoms with van der Waals surface area (Å²) in [5.41, 5.74) is 6.44. The van der Waals surface area contributed by atoms with Crippen LogP contribution in [0.4, 0.5) is 9.59 Å². The van der Waals surface area contributed by atoms with E-state index in [0.717, 1.165) is 73.6 Å². The van der Waals surface area contributed by atoms with Gasteiger partial charge in [-0.3, -0.25) is 13.6 Å². The number of hydrogen-bond acceptors (Lipinski definition) is 10. The summed E-state index contributed by atoms with van der Waals surface area (Å²) < 4.78 is 56.8. The number of carbonyl (C=O) groups excluding carboxylic acids is 2. The van der Waals surface area contributed by atoms with Crippen LogP contribution in [0.2, 0.25) is 0 Å². The standard InChI is InChI=1S/C70H108BrN2O10P/c1-3-5-7-9-11-13-15-17-19-21-23-25-27-35-50-77-59-67(55-72-69(74)79-57-65-45-41-63(42-46-65)53-61-37-31-29-32-38-61)82-84(76,81-52-49-71)83-68(60-78-51-36-28-26-24-22-20-18-16-14-12-10-8-6-4-2)56-73-70(75)80-58-66-47-43-64(44-48-66)54-62-39-33-30-34-40-62/h29-34,37-48,67-68H,3-28,35-36,49-60H2,1-2H3,(H,72,74)(H,73,75). The summed E-state index contributed by atoms with van der Waals surface area (Å²) in [6.07, 6.45) is 33.5. The maximum Gasteiger partial charge on any atom is 0.475 e. The normalized spacial score (nSPS) is 12.8. The molecule has 0 aromatic heterocycles. The Balaban J connectivity index is 1.33. The van der Waals surface area contributed by atoms with E-state index in [2.05, 4.69) is 64.7 Å². The molecule has 0 saturated heterocycles. The quantitative estimate of drug-likeness (QED) is 0.0249. The first kappa shape index (κ1) is 72.4. The highest BCUT2D eigenvalue weighted by Gasteiger charge is 2.35. The molecular weight excluding hydrogens is 1140 g/mol. The second kappa shape index (κ2) is 49.0. The van der Waals surface area contributed by atoms with Gasteiger partial charge in [0, 0.05) is 18.5 Å². The summed E-state index contributed by atoms with van der Waals surface area (Å²) in [5.74, 6) is 0. The van der Waals surface area contributed by atoms with Gasteiger partial charge in [-0.25, -0.2) is 14.2 Å². The molecule has 0 aliphatic rings. The molecule has 4 aromatic rings. The lowest BCUT2D eigenvalue weighted by molar-refractivity contribution is -0.0111. The number of halogens is 1. The molecule has 0 heterocycles. The third-order valence-electron chi connectivity index (χ3n) is 15.0. The number of amides is 2. The number of benzene rings is 4. The molecule has 0 spiro atoms.